The number of nitrogens with two attached hydrogens (primary N) is 1. The molecule has 0 radical (unpaired) electrons. The Kier molecular flexibility index (Phi) is 12.4. The molecule has 0 spiro atoms. The highest BCUT2D eigenvalue weighted by Gasteiger charge is 2.42. The van der Waals surface area contributed by atoms with E-state index in [0.29, 0.717) is 50.4 Å². The van der Waals surface area contributed by atoms with E-state index in [9.17, 15) is 19.2 Å². The molecule has 0 aromatic rings. The van der Waals surface area contributed by atoms with Crippen molar-refractivity contribution in [2.24, 2.45) is 5.73 Å². The molecule has 0 aromatic heterocycles. The first kappa shape index (κ1) is 27.2. The van der Waals surface area contributed by atoms with Crippen molar-refractivity contribution >= 4 is 35.6 Å². The average molecular weight is 486 g/mol. The summed E-state index contributed by atoms with van der Waals surface area (Å²) in [6.07, 6.45) is 8.12. The number of fused-ring (bicyclic) bond motifs is 1. The van der Waals surface area contributed by atoms with Crippen LogP contribution in [0.25, 0.3) is 0 Å². The van der Waals surface area contributed by atoms with Gasteiger partial charge in [0, 0.05) is 36.9 Å². The Morgan fingerprint density at radius 2 is 1.61 bits per heavy atom. The molecular weight excluding hydrogens is 446 g/mol. The zero-order valence-electron chi connectivity index (χ0n) is 19.3. The topological polar surface area (TPSA) is 163 Å². The van der Waals surface area contributed by atoms with Crippen molar-refractivity contribution in [3.05, 3.63) is 0 Å². The van der Waals surface area contributed by atoms with Gasteiger partial charge in [0.25, 0.3) is 0 Å². The van der Waals surface area contributed by atoms with Crippen molar-refractivity contribution < 1.29 is 24.3 Å². The Morgan fingerprint density at radius 1 is 0.970 bits per heavy atom. The molecule has 0 aromatic carbocycles. The Hall–Kier alpha value is -2.01. The van der Waals surface area contributed by atoms with Gasteiger partial charge in [-0.05, 0) is 44.9 Å². The molecule has 11 heteroatoms. The van der Waals surface area contributed by atoms with E-state index in [2.05, 4.69) is 21.3 Å². The molecule has 0 unspecified atom stereocenters. The van der Waals surface area contributed by atoms with Gasteiger partial charge in [0.15, 0.2) is 0 Å². The van der Waals surface area contributed by atoms with E-state index in [0.717, 1.165) is 44.3 Å². The van der Waals surface area contributed by atoms with Crippen molar-refractivity contribution in [3.63, 3.8) is 0 Å². The summed E-state index contributed by atoms with van der Waals surface area (Å²) in [4.78, 5) is 45.8. The molecule has 10 nitrogen and oxygen atoms in total. The number of carbonyl (C=O) groups excluding carboxylic acids is 3. The van der Waals surface area contributed by atoms with E-state index in [1.165, 1.54) is 0 Å². The quantitative estimate of drug-likeness (QED) is 0.133. The summed E-state index contributed by atoms with van der Waals surface area (Å²) in [6, 6.07) is -0.427. The van der Waals surface area contributed by atoms with E-state index in [-0.39, 0.29) is 29.9 Å². The van der Waals surface area contributed by atoms with Gasteiger partial charge in [0.2, 0.25) is 11.8 Å². The molecule has 4 amide bonds. The number of urea groups is 1. The van der Waals surface area contributed by atoms with Crippen LogP contribution >= 0.6 is 11.8 Å². The number of hydrogen-bond acceptors (Lipinski definition) is 6. The van der Waals surface area contributed by atoms with E-state index in [1.54, 1.807) is 0 Å². The molecule has 2 heterocycles. The van der Waals surface area contributed by atoms with Gasteiger partial charge in [-0.15, -0.1) is 0 Å². The number of aliphatic carboxylic acids is 1. The predicted molar refractivity (Wildman–Crippen MR) is 128 cm³/mol. The van der Waals surface area contributed by atoms with Crippen LogP contribution in [-0.2, 0) is 14.4 Å². The first-order valence-corrected chi connectivity index (χ1v) is 13.1. The van der Waals surface area contributed by atoms with Gasteiger partial charge in [-0.3, -0.25) is 14.4 Å². The number of hydrogen-bond donors (Lipinski definition) is 6. The minimum Gasteiger partial charge on any atom is -0.480 e. The number of carboxylic acids is 1. The van der Waals surface area contributed by atoms with Crippen LogP contribution in [0.3, 0.4) is 0 Å². The largest absolute Gasteiger partial charge is 0.480 e. The maximum absolute atomic E-state index is 12.0. The zero-order valence-corrected chi connectivity index (χ0v) is 20.1. The molecule has 0 aliphatic carbocycles. The summed E-state index contributed by atoms with van der Waals surface area (Å²) in [6.45, 7) is 1.16. The monoisotopic (exact) mass is 485 g/mol. The Bertz CT molecular complexity index is 665. The van der Waals surface area contributed by atoms with Crippen LogP contribution in [0.15, 0.2) is 0 Å². The maximum atomic E-state index is 12.0. The van der Waals surface area contributed by atoms with Crippen molar-refractivity contribution in [1.82, 2.24) is 21.3 Å². The Labute approximate surface area is 199 Å². The third kappa shape index (κ3) is 10.6. The van der Waals surface area contributed by atoms with Gasteiger partial charge in [-0.1, -0.05) is 12.8 Å². The van der Waals surface area contributed by atoms with Crippen LogP contribution < -0.4 is 27.0 Å². The lowest BCUT2D eigenvalue weighted by Crippen LogP contribution is -2.36. The summed E-state index contributed by atoms with van der Waals surface area (Å²) < 4.78 is 0. The van der Waals surface area contributed by atoms with Crippen LogP contribution in [0, 0.1) is 0 Å². The fraction of sp³-hybridized carbons (Fsp3) is 0.818. The average Bonchev–Trinajstić information content (AvgIpc) is 3.32. The lowest BCUT2D eigenvalue weighted by Gasteiger charge is -2.16. The van der Waals surface area contributed by atoms with Gasteiger partial charge in [0.1, 0.15) is 6.04 Å². The summed E-state index contributed by atoms with van der Waals surface area (Å²) in [7, 11) is 0. The highest BCUT2D eigenvalue weighted by atomic mass is 32.2. The van der Waals surface area contributed by atoms with Crippen LogP contribution in [0.1, 0.15) is 70.6 Å². The summed E-state index contributed by atoms with van der Waals surface area (Å²) >= 11 is 1.90. The summed E-state index contributed by atoms with van der Waals surface area (Å²) in [5.41, 5.74) is 5.43. The first-order valence-electron chi connectivity index (χ1n) is 12.1. The maximum Gasteiger partial charge on any atom is 0.320 e. The number of carbonyl (C=O) groups is 4. The second-order valence-electron chi connectivity index (χ2n) is 8.82. The van der Waals surface area contributed by atoms with Crippen molar-refractivity contribution in [2.75, 3.05) is 18.8 Å². The second-order valence-corrected chi connectivity index (χ2v) is 10.1. The van der Waals surface area contributed by atoms with Crippen LogP contribution in [0.5, 0.6) is 0 Å². The predicted octanol–water partition coefficient (Wildman–Crippen LogP) is 1.09. The molecular formula is C22H39N5O5S. The van der Waals surface area contributed by atoms with Crippen LogP contribution in [-0.4, -0.2) is 71.1 Å². The van der Waals surface area contributed by atoms with Crippen molar-refractivity contribution in [3.8, 4) is 0 Å². The number of carboxylic acid groups (broad SMARTS) is 1. The van der Waals surface area contributed by atoms with Crippen LogP contribution in [0.2, 0.25) is 0 Å². The fourth-order valence-electron chi connectivity index (χ4n) is 4.11. The number of nitrogens with one attached hydrogen (secondary N) is 4. The van der Waals surface area contributed by atoms with Gasteiger partial charge in [-0.2, -0.15) is 11.8 Å². The molecule has 188 valence electrons. The molecule has 4 atom stereocenters. The van der Waals surface area contributed by atoms with Gasteiger partial charge in [0.05, 0.1) is 12.1 Å². The molecule has 2 saturated heterocycles. The summed E-state index contributed by atoms with van der Waals surface area (Å²) in [5.74, 6) is 0.0374. The van der Waals surface area contributed by atoms with Crippen LogP contribution in [0.4, 0.5) is 4.79 Å². The summed E-state index contributed by atoms with van der Waals surface area (Å²) in [5, 5.41) is 20.8. The molecule has 2 aliphatic heterocycles. The molecule has 2 aliphatic rings. The zero-order chi connectivity index (χ0) is 24.1. The number of rotatable bonds is 17. The van der Waals surface area contributed by atoms with Crippen molar-refractivity contribution in [1.29, 1.82) is 0 Å². The normalized spacial score (nSPS) is 22.2. The highest BCUT2D eigenvalue weighted by Crippen LogP contribution is 2.33. The smallest absolute Gasteiger partial charge is 0.320 e. The molecule has 7 N–H and O–H groups in total. The molecule has 33 heavy (non-hydrogen) atoms. The third-order valence-corrected chi connectivity index (χ3v) is 7.57. The standard InChI is InChI=1S/C22H39N5O5S/c23-15(21(30)31)8-5-7-13-25-18(28)10-2-1-6-12-24-19(29)11-4-3-9-17-20-16(14-33-17)26-22(32)27-20/h15-17,20H,1-14,23H2,(H,24,29)(H,25,28)(H,30,31)(H2,26,27,32)/t15-,16-,17-,20-/m0/s1. The number of thioether (sulfide) groups is 1. The molecule has 2 rings (SSSR count). The van der Waals surface area contributed by atoms with E-state index in [4.69, 9.17) is 10.8 Å². The van der Waals surface area contributed by atoms with E-state index >= 15 is 0 Å². The van der Waals surface area contributed by atoms with Gasteiger partial charge in [-0.25, -0.2) is 4.79 Å². The lowest BCUT2D eigenvalue weighted by molar-refractivity contribution is -0.138. The second kappa shape index (κ2) is 15.0. The minimum atomic E-state index is -0.994. The van der Waals surface area contributed by atoms with Crippen molar-refractivity contribution in [2.45, 2.75) is 94.0 Å². The third-order valence-electron chi connectivity index (χ3n) is 6.06. The number of amides is 4. The van der Waals surface area contributed by atoms with Gasteiger partial charge >= 0.3 is 12.0 Å². The van der Waals surface area contributed by atoms with E-state index < -0.39 is 12.0 Å². The Balaban J connectivity index is 1.36. The molecule has 2 fully saturated rings. The first-order chi connectivity index (χ1) is 15.9. The molecule has 0 saturated carbocycles. The highest BCUT2D eigenvalue weighted by molar-refractivity contribution is 8.00. The lowest BCUT2D eigenvalue weighted by atomic mass is 10.0. The van der Waals surface area contributed by atoms with Gasteiger partial charge < -0.3 is 32.1 Å². The minimum absolute atomic E-state index is 0.00117. The Morgan fingerprint density at radius 3 is 2.27 bits per heavy atom. The van der Waals surface area contributed by atoms with E-state index in [1.807, 2.05) is 11.8 Å². The molecule has 0 bridgehead atoms. The fourth-order valence-corrected chi connectivity index (χ4v) is 5.65. The number of unbranched alkanes of at least 4 members (excludes halogenated alkanes) is 4. The SMILES string of the molecule is N[C@@H](CCCCNC(=O)CCCCCNC(=O)CCCC[C@@H]1SC[C@@H]2NC(=O)N[C@@H]21)C(=O)O.